The van der Waals surface area contributed by atoms with Crippen LogP contribution < -0.4 is 5.32 Å². The molecule has 2 aromatic rings. The summed E-state index contributed by atoms with van der Waals surface area (Å²) in [5, 5.41) is 14.1. The van der Waals surface area contributed by atoms with E-state index in [9.17, 15) is 5.11 Å². The molecule has 0 fully saturated rings. The standard InChI is InChI=1S/C15H22N2O/c1-3-16-10-13-11-17(9-8-12(2)18)15-7-5-4-6-14(13)15/h4-7,11-12,16,18H,3,8-10H2,1-2H3. The maximum absolute atomic E-state index is 9.41. The van der Waals surface area contributed by atoms with E-state index in [-0.39, 0.29) is 6.10 Å². The summed E-state index contributed by atoms with van der Waals surface area (Å²) in [6.07, 6.45) is 2.75. The van der Waals surface area contributed by atoms with Gasteiger partial charge in [0, 0.05) is 30.2 Å². The number of benzene rings is 1. The summed E-state index contributed by atoms with van der Waals surface area (Å²) in [6, 6.07) is 8.46. The second kappa shape index (κ2) is 6.03. The topological polar surface area (TPSA) is 37.2 Å². The summed E-state index contributed by atoms with van der Waals surface area (Å²) >= 11 is 0. The molecule has 0 bridgehead atoms. The van der Waals surface area contributed by atoms with Crippen LogP contribution in [-0.4, -0.2) is 22.3 Å². The number of hydrogen-bond donors (Lipinski definition) is 2. The third-order valence-corrected chi connectivity index (χ3v) is 3.22. The fourth-order valence-corrected chi connectivity index (χ4v) is 2.23. The molecule has 0 radical (unpaired) electrons. The van der Waals surface area contributed by atoms with Gasteiger partial charge in [-0.25, -0.2) is 0 Å². The number of nitrogens with one attached hydrogen (secondary N) is 1. The number of fused-ring (bicyclic) bond motifs is 1. The van der Waals surface area contributed by atoms with Crippen molar-refractivity contribution in [2.45, 2.75) is 39.5 Å². The molecule has 1 unspecified atom stereocenters. The molecule has 0 spiro atoms. The van der Waals surface area contributed by atoms with E-state index in [0.717, 1.165) is 26.1 Å². The number of aliphatic hydroxyl groups excluding tert-OH is 1. The van der Waals surface area contributed by atoms with Crippen molar-refractivity contribution in [1.82, 2.24) is 9.88 Å². The fourth-order valence-electron chi connectivity index (χ4n) is 2.23. The minimum Gasteiger partial charge on any atom is -0.393 e. The Morgan fingerprint density at radius 2 is 2.11 bits per heavy atom. The zero-order valence-electron chi connectivity index (χ0n) is 11.2. The highest BCUT2D eigenvalue weighted by atomic mass is 16.3. The Morgan fingerprint density at radius 1 is 1.33 bits per heavy atom. The molecule has 1 atom stereocenters. The van der Waals surface area contributed by atoms with Crippen LogP contribution in [0.5, 0.6) is 0 Å². The molecule has 98 valence electrons. The average molecular weight is 246 g/mol. The number of aryl methyl sites for hydroxylation is 1. The predicted octanol–water partition coefficient (Wildman–Crippen LogP) is 2.52. The largest absolute Gasteiger partial charge is 0.393 e. The first-order valence-electron chi connectivity index (χ1n) is 6.68. The maximum atomic E-state index is 9.41. The maximum Gasteiger partial charge on any atom is 0.0529 e. The van der Waals surface area contributed by atoms with Crippen LogP contribution in [0.1, 0.15) is 25.8 Å². The highest BCUT2D eigenvalue weighted by Gasteiger charge is 2.07. The third kappa shape index (κ3) is 2.92. The molecule has 0 amide bonds. The van der Waals surface area contributed by atoms with E-state index in [1.807, 2.05) is 6.92 Å². The summed E-state index contributed by atoms with van der Waals surface area (Å²) < 4.78 is 2.24. The zero-order chi connectivity index (χ0) is 13.0. The highest BCUT2D eigenvalue weighted by Crippen LogP contribution is 2.21. The predicted molar refractivity (Wildman–Crippen MR) is 75.6 cm³/mol. The monoisotopic (exact) mass is 246 g/mol. The summed E-state index contributed by atoms with van der Waals surface area (Å²) in [5.74, 6) is 0. The van der Waals surface area contributed by atoms with Crippen molar-refractivity contribution in [3.63, 3.8) is 0 Å². The normalized spacial score (nSPS) is 13.1. The van der Waals surface area contributed by atoms with E-state index in [1.54, 1.807) is 0 Å². The second-order valence-corrected chi connectivity index (χ2v) is 4.78. The summed E-state index contributed by atoms with van der Waals surface area (Å²) in [6.45, 7) is 6.70. The number of aromatic nitrogens is 1. The molecule has 0 saturated heterocycles. The van der Waals surface area contributed by atoms with Crippen molar-refractivity contribution in [2.75, 3.05) is 6.54 Å². The lowest BCUT2D eigenvalue weighted by atomic mass is 10.2. The van der Waals surface area contributed by atoms with E-state index < -0.39 is 0 Å². The van der Waals surface area contributed by atoms with Crippen LogP contribution in [0.15, 0.2) is 30.5 Å². The van der Waals surface area contributed by atoms with Gasteiger partial charge >= 0.3 is 0 Å². The van der Waals surface area contributed by atoms with E-state index in [2.05, 4.69) is 47.3 Å². The number of para-hydroxylation sites is 1. The molecule has 0 aliphatic heterocycles. The van der Waals surface area contributed by atoms with Crippen molar-refractivity contribution >= 4 is 10.9 Å². The molecule has 0 aliphatic rings. The van der Waals surface area contributed by atoms with Crippen LogP contribution in [0.3, 0.4) is 0 Å². The van der Waals surface area contributed by atoms with Crippen molar-refractivity contribution in [1.29, 1.82) is 0 Å². The van der Waals surface area contributed by atoms with Crippen molar-refractivity contribution < 1.29 is 5.11 Å². The quantitative estimate of drug-likeness (QED) is 0.822. The van der Waals surface area contributed by atoms with Gasteiger partial charge in [-0.2, -0.15) is 0 Å². The lowest BCUT2D eigenvalue weighted by molar-refractivity contribution is 0.178. The van der Waals surface area contributed by atoms with Gasteiger partial charge in [0.2, 0.25) is 0 Å². The number of rotatable bonds is 6. The van der Waals surface area contributed by atoms with Crippen LogP contribution in [0.25, 0.3) is 10.9 Å². The van der Waals surface area contributed by atoms with E-state index in [0.29, 0.717) is 0 Å². The van der Waals surface area contributed by atoms with E-state index >= 15 is 0 Å². The Bertz CT molecular complexity index is 502. The van der Waals surface area contributed by atoms with Crippen LogP contribution in [0.4, 0.5) is 0 Å². The Labute approximate surface area is 108 Å². The molecule has 2 rings (SSSR count). The van der Waals surface area contributed by atoms with Gasteiger partial charge in [-0.05, 0) is 31.5 Å². The first-order chi connectivity index (χ1) is 8.72. The number of nitrogens with zero attached hydrogens (tertiary/aromatic N) is 1. The summed E-state index contributed by atoms with van der Waals surface area (Å²) in [4.78, 5) is 0. The summed E-state index contributed by atoms with van der Waals surface area (Å²) in [5.41, 5.74) is 2.59. The Morgan fingerprint density at radius 3 is 2.83 bits per heavy atom. The smallest absolute Gasteiger partial charge is 0.0529 e. The number of hydrogen-bond acceptors (Lipinski definition) is 2. The van der Waals surface area contributed by atoms with Gasteiger partial charge in [0.15, 0.2) is 0 Å². The molecule has 3 nitrogen and oxygen atoms in total. The number of aliphatic hydroxyl groups is 1. The first kappa shape index (κ1) is 13.1. The van der Waals surface area contributed by atoms with Crippen molar-refractivity contribution in [2.24, 2.45) is 0 Å². The molecule has 0 aliphatic carbocycles. The minimum absolute atomic E-state index is 0.247. The Balaban J connectivity index is 2.28. The van der Waals surface area contributed by atoms with Gasteiger partial charge < -0.3 is 15.0 Å². The molecule has 2 N–H and O–H groups in total. The SMILES string of the molecule is CCNCc1cn(CCC(C)O)c2ccccc12. The van der Waals surface area contributed by atoms with Gasteiger partial charge in [-0.15, -0.1) is 0 Å². The van der Waals surface area contributed by atoms with E-state index in [1.165, 1.54) is 16.5 Å². The molecule has 18 heavy (non-hydrogen) atoms. The first-order valence-corrected chi connectivity index (χ1v) is 6.68. The minimum atomic E-state index is -0.247. The van der Waals surface area contributed by atoms with Gasteiger partial charge in [0.25, 0.3) is 0 Å². The van der Waals surface area contributed by atoms with Gasteiger partial charge in [0.1, 0.15) is 0 Å². The molecule has 1 aromatic carbocycles. The van der Waals surface area contributed by atoms with Crippen LogP contribution in [-0.2, 0) is 13.1 Å². The molecule has 0 saturated carbocycles. The fraction of sp³-hybridized carbons (Fsp3) is 0.467. The van der Waals surface area contributed by atoms with Crippen LogP contribution in [0.2, 0.25) is 0 Å². The highest BCUT2D eigenvalue weighted by molar-refractivity contribution is 5.83. The van der Waals surface area contributed by atoms with Gasteiger partial charge in [-0.1, -0.05) is 25.1 Å². The second-order valence-electron chi connectivity index (χ2n) is 4.78. The Hall–Kier alpha value is -1.32. The van der Waals surface area contributed by atoms with Gasteiger partial charge in [-0.3, -0.25) is 0 Å². The Kier molecular flexibility index (Phi) is 4.39. The van der Waals surface area contributed by atoms with Crippen molar-refractivity contribution in [3.05, 3.63) is 36.0 Å². The van der Waals surface area contributed by atoms with Crippen molar-refractivity contribution in [3.8, 4) is 0 Å². The summed E-state index contributed by atoms with van der Waals surface area (Å²) in [7, 11) is 0. The lowest BCUT2D eigenvalue weighted by Crippen LogP contribution is -2.11. The zero-order valence-corrected chi connectivity index (χ0v) is 11.2. The molecule has 3 heteroatoms. The molecule has 1 heterocycles. The van der Waals surface area contributed by atoms with Crippen LogP contribution in [0, 0.1) is 0 Å². The van der Waals surface area contributed by atoms with E-state index in [4.69, 9.17) is 0 Å². The molecule has 1 aromatic heterocycles. The average Bonchev–Trinajstić information content (AvgIpc) is 2.72. The molecular formula is C15H22N2O. The van der Waals surface area contributed by atoms with Gasteiger partial charge in [0.05, 0.1) is 6.10 Å². The lowest BCUT2D eigenvalue weighted by Gasteiger charge is -2.06. The third-order valence-electron chi connectivity index (χ3n) is 3.22. The molecular weight excluding hydrogens is 224 g/mol. The van der Waals surface area contributed by atoms with Crippen LogP contribution >= 0.6 is 0 Å².